The topological polar surface area (TPSA) is 55.0 Å². The van der Waals surface area contributed by atoms with E-state index in [0.717, 1.165) is 16.5 Å². The Morgan fingerprint density at radius 1 is 1.37 bits per heavy atom. The van der Waals surface area contributed by atoms with Crippen LogP contribution in [-0.2, 0) is 7.05 Å². The first-order chi connectivity index (χ1) is 8.99. The maximum absolute atomic E-state index is 12.3. The largest absolute Gasteiger partial charge is 0.495 e. The smallest absolute Gasteiger partial charge is 0.255 e. The number of benzene rings is 1. The van der Waals surface area contributed by atoms with Crippen LogP contribution in [0.2, 0.25) is 0 Å². The molecule has 0 radical (unpaired) electrons. The number of nitriles is 1. The zero-order valence-electron chi connectivity index (χ0n) is 11.5. The second-order valence-corrected chi connectivity index (χ2v) is 4.72. The molecule has 1 atom stereocenters. The summed E-state index contributed by atoms with van der Waals surface area (Å²) in [5.74, 6) is 0.250. The molecule has 0 aliphatic rings. The van der Waals surface area contributed by atoms with E-state index in [-0.39, 0.29) is 5.56 Å². The number of pyridine rings is 1. The number of aromatic nitrogens is 1. The molecule has 0 spiro atoms. The van der Waals surface area contributed by atoms with E-state index in [9.17, 15) is 4.79 Å². The Balaban J connectivity index is 2.93. The van der Waals surface area contributed by atoms with Gasteiger partial charge >= 0.3 is 0 Å². The molecule has 19 heavy (non-hydrogen) atoms. The zero-order valence-corrected chi connectivity index (χ0v) is 11.5. The van der Waals surface area contributed by atoms with Crippen molar-refractivity contribution in [3.05, 3.63) is 39.7 Å². The van der Waals surface area contributed by atoms with E-state index >= 15 is 0 Å². The molecule has 0 fully saturated rings. The van der Waals surface area contributed by atoms with E-state index in [1.165, 1.54) is 0 Å². The summed E-state index contributed by atoms with van der Waals surface area (Å²) in [6.45, 7) is 3.70. The van der Waals surface area contributed by atoms with Crippen LogP contribution in [0.3, 0.4) is 0 Å². The van der Waals surface area contributed by atoms with E-state index in [1.807, 2.05) is 19.1 Å². The van der Waals surface area contributed by atoms with E-state index in [0.29, 0.717) is 11.3 Å². The number of nitrogens with zero attached hydrogens (tertiary/aromatic N) is 2. The van der Waals surface area contributed by atoms with Gasteiger partial charge < -0.3 is 9.30 Å². The Labute approximate surface area is 111 Å². The summed E-state index contributed by atoms with van der Waals surface area (Å²) in [4.78, 5) is 12.3. The first kappa shape index (κ1) is 13.2. The second kappa shape index (κ2) is 4.77. The Kier molecular flexibility index (Phi) is 3.30. The highest BCUT2D eigenvalue weighted by molar-refractivity contribution is 5.86. The normalized spacial score (nSPS) is 12.2. The molecule has 1 heterocycles. The van der Waals surface area contributed by atoms with Crippen LogP contribution in [0.1, 0.15) is 24.0 Å². The highest BCUT2D eigenvalue weighted by Gasteiger charge is 2.15. The van der Waals surface area contributed by atoms with Gasteiger partial charge in [-0.2, -0.15) is 5.26 Å². The number of rotatable bonds is 2. The van der Waals surface area contributed by atoms with Crippen molar-refractivity contribution in [2.24, 2.45) is 7.05 Å². The molecular formula is C15H16N2O2. The highest BCUT2D eigenvalue weighted by atomic mass is 16.5. The van der Waals surface area contributed by atoms with Crippen LogP contribution in [0.25, 0.3) is 10.9 Å². The molecule has 0 aliphatic carbocycles. The van der Waals surface area contributed by atoms with Crippen LogP contribution in [0.15, 0.2) is 23.0 Å². The minimum atomic E-state index is -0.422. The van der Waals surface area contributed by atoms with Crippen molar-refractivity contribution in [2.45, 2.75) is 19.8 Å². The van der Waals surface area contributed by atoms with Gasteiger partial charge in [-0.15, -0.1) is 0 Å². The van der Waals surface area contributed by atoms with Crippen molar-refractivity contribution in [1.29, 1.82) is 5.26 Å². The molecule has 0 N–H and O–H groups in total. The molecule has 1 aromatic heterocycles. The van der Waals surface area contributed by atoms with Gasteiger partial charge in [-0.1, -0.05) is 0 Å². The number of ether oxygens (including phenoxy) is 1. The van der Waals surface area contributed by atoms with Gasteiger partial charge in [-0.25, -0.2) is 0 Å². The van der Waals surface area contributed by atoms with E-state index in [4.69, 9.17) is 10.00 Å². The predicted octanol–water partition coefficient (Wildman–Crippen LogP) is 2.48. The quantitative estimate of drug-likeness (QED) is 0.829. The summed E-state index contributed by atoms with van der Waals surface area (Å²) in [7, 11) is 3.29. The summed E-state index contributed by atoms with van der Waals surface area (Å²) in [6.07, 6.45) is 0. The molecular weight excluding hydrogens is 240 g/mol. The van der Waals surface area contributed by atoms with E-state index < -0.39 is 5.92 Å². The van der Waals surface area contributed by atoms with Crippen molar-refractivity contribution in [3.8, 4) is 11.8 Å². The molecule has 2 aromatic rings. The van der Waals surface area contributed by atoms with Crippen LogP contribution in [-0.4, -0.2) is 11.7 Å². The fraction of sp³-hybridized carbons (Fsp3) is 0.333. The lowest BCUT2D eigenvalue weighted by atomic mass is 10.0. The average Bonchev–Trinajstić information content (AvgIpc) is 2.40. The van der Waals surface area contributed by atoms with E-state index in [2.05, 4.69) is 6.07 Å². The zero-order chi connectivity index (χ0) is 14.2. The Hall–Kier alpha value is -2.28. The molecule has 2 rings (SSSR count). The van der Waals surface area contributed by atoms with Gasteiger partial charge in [0.1, 0.15) is 5.75 Å². The second-order valence-electron chi connectivity index (χ2n) is 4.72. The standard InChI is InChI=1S/C15H16N2O2/c1-9-5-11-7-12(10(2)8-16)15(18)17(3)14(11)13(6-9)19-4/h5-7,10H,1-4H3. The Morgan fingerprint density at radius 3 is 2.63 bits per heavy atom. The molecule has 0 amide bonds. The third-order valence-corrected chi connectivity index (χ3v) is 3.33. The minimum absolute atomic E-state index is 0.149. The summed E-state index contributed by atoms with van der Waals surface area (Å²) >= 11 is 0. The van der Waals surface area contributed by atoms with Crippen molar-refractivity contribution >= 4 is 10.9 Å². The average molecular weight is 256 g/mol. The summed E-state index contributed by atoms with van der Waals surface area (Å²) < 4.78 is 6.90. The van der Waals surface area contributed by atoms with Crippen LogP contribution in [0, 0.1) is 18.3 Å². The summed E-state index contributed by atoms with van der Waals surface area (Å²) in [5.41, 5.74) is 2.18. The van der Waals surface area contributed by atoms with Gasteiger partial charge in [0.05, 0.1) is 24.6 Å². The first-order valence-corrected chi connectivity index (χ1v) is 6.07. The van der Waals surface area contributed by atoms with Crippen molar-refractivity contribution < 1.29 is 4.74 Å². The molecule has 0 bridgehead atoms. The van der Waals surface area contributed by atoms with Gasteiger partial charge in [0, 0.05) is 18.0 Å². The lowest BCUT2D eigenvalue weighted by Gasteiger charge is -2.13. The number of hydrogen-bond acceptors (Lipinski definition) is 3. The van der Waals surface area contributed by atoms with Gasteiger partial charge in [-0.05, 0) is 37.6 Å². The Bertz CT molecular complexity index is 738. The lowest BCUT2D eigenvalue weighted by molar-refractivity contribution is 0.417. The van der Waals surface area contributed by atoms with Crippen molar-refractivity contribution in [1.82, 2.24) is 4.57 Å². The lowest BCUT2D eigenvalue weighted by Crippen LogP contribution is -2.22. The molecule has 0 saturated heterocycles. The van der Waals surface area contributed by atoms with Gasteiger partial charge in [0.15, 0.2) is 0 Å². The van der Waals surface area contributed by atoms with E-state index in [1.54, 1.807) is 31.7 Å². The van der Waals surface area contributed by atoms with Gasteiger partial charge in [0.2, 0.25) is 0 Å². The molecule has 4 heteroatoms. The molecule has 0 aliphatic heterocycles. The van der Waals surface area contributed by atoms with Crippen molar-refractivity contribution in [2.75, 3.05) is 7.11 Å². The van der Waals surface area contributed by atoms with Crippen LogP contribution in [0.5, 0.6) is 5.75 Å². The molecule has 1 unspecified atom stereocenters. The third-order valence-electron chi connectivity index (χ3n) is 3.33. The molecule has 1 aromatic carbocycles. The summed E-state index contributed by atoms with van der Waals surface area (Å²) in [6, 6.07) is 7.79. The Morgan fingerprint density at radius 2 is 2.05 bits per heavy atom. The van der Waals surface area contributed by atoms with Crippen molar-refractivity contribution in [3.63, 3.8) is 0 Å². The molecule has 4 nitrogen and oxygen atoms in total. The monoisotopic (exact) mass is 256 g/mol. The predicted molar refractivity (Wildman–Crippen MR) is 74.5 cm³/mol. The fourth-order valence-corrected chi connectivity index (χ4v) is 2.30. The minimum Gasteiger partial charge on any atom is -0.495 e. The SMILES string of the molecule is COc1cc(C)cc2cc(C(C)C#N)c(=O)n(C)c12. The summed E-state index contributed by atoms with van der Waals surface area (Å²) in [5, 5.41) is 9.92. The maximum Gasteiger partial charge on any atom is 0.255 e. The third kappa shape index (κ3) is 2.08. The molecule has 98 valence electrons. The number of hydrogen-bond donors (Lipinski definition) is 0. The number of aryl methyl sites for hydroxylation is 2. The number of fused-ring (bicyclic) bond motifs is 1. The molecule has 0 saturated carbocycles. The number of methoxy groups -OCH3 is 1. The van der Waals surface area contributed by atoms with Gasteiger partial charge in [0.25, 0.3) is 5.56 Å². The highest BCUT2D eigenvalue weighted by Crippen LogP contribution is 2.27. The fourth-order valence-electron chi connectivity index (χ4n) is 2.30. The van der Waals surface area contributed by atoms with Gasteiger partial charge in [-0.3, -0.25) is 4.79 Å². The maximum atomic E-state index is 12.3. The van der Waals surface area contributed by atoms with Crippen LogP contribution >= 0.6 is 0 Å². The first-order valence-electron chi connectivity index (χ1n) is 6.07. The van der Waals surface area contributed by atoms with Crippen LogP contribution < -0.4 is 10.3 Å². The van der Waals surface area contributed by atoms with Crippen LogP contribution in [0.4, 0.5) is 0 Å².